The smallest absolute Gasteiger partial charge is 0.213 e. The molecule has 0 unspecified atom stereocenters. The van der Waals surface area contributed by atoms with E-state index < -0.39 is 0 Å². The lowest BCUT2D eigenvalue weighted by atomic mass is 10.3. The first-order valence-corrected chi connectivity index (χ1v) is 5.24. The van der Waals surface area contributed by atoms with Gasteiger partial charge in [0.15, 0.2) is 0 Å². The lowest BCUT2D eigenvalue weighted by molar-refractivity contribution is 0.0537. The Hall–Kier alpha value is -1.66. The molecular formula is C11H17N3O3. The Labute approximate surface area is 100 Å². The van der Waals surface area contributed by atoms with E-state index in [2.05, 4.69) is 4.98 Å². The van der Waals surface area contributed by atoms with E-state index in [1.54, 1.807) is 19.2 Å². The number of nitrogens with one attached hydrogen (secondary N) is 1. The van der Waals surface area contributed by atoms with Crippen molar-refractivity contribution in [3.05, 3.63) is 23.9 Å². The fourth-order valence-corrected chi connectivity index (χ4v) is 1.07. The molecule has 0 aliphatic rings. The van der Waals surface area contributed by atoms with Gasteiger partial charge in [0, 0.05) is 24.9 Å². The molecule has 0 saturated heterocycles. The van der Waals surface area contributed by atoms with Crippen LogP contribution in [0, 0.1) is 5.41 Å². The summed E-state index contributed by atoms with van der Waals surface area (Å²) < 4.78 is 15.4. The van der Waals surface area contributed by atoms with E-state index in [1.807, 2.05) is 0 Å². The van der Waals surface area contributed by atoms with Gasteiger partial charge in [0.05, 0.1) is 19.8 Å². The highest BCUT2D eigenvalue weighted by molar-refractivity contribution is 5.94. The van der Waals surface area contributed by atoms with Crippen molar-refractivity contribution < 1.29 is 14.2 Å². The largest absolute Gasteiger partial charge is 0.475 e. The Kier molecular flexibility index (Phi) is 5.98. The van der Waals surface area contributed by atoms with Crippen molar-refractivity contribution in [3.63, 3.8) is 0 Å². The summed E-state index contributed by atoms with van der Waals surface area (Å²) in [5, 5.41) is 7.20. The minimum atomic E-state index is -0.00745. The van der Waals surface area contributed by atoms with E-state index in [0.29, 0.717) is 37.9 Å². The Morgan fingerprint density at radius 3 is 2.65 bits per heavy atom. The quantitative estimate of drug-likeness (QED) is 0.389. The molecule has 0 aliphatic heterocycles. The van der Waals surface area contributed by atoms with Crippen molar-refractivity contribution in [2.75, 3.05) is 33.5 Å². The minimum absolute atomic E-state index is 0.00745. The number of nitrogens with two attached hydrogens (primary N) is 1. The third kappa shape index (κ3) is 5.28. The third-order valence-electron chi connectivity index (χ3n) is 1.96. The summed E-state index contributed by atoms with van der Waals surface area (Å²) in [6, 6.07) is 3.36. The second kappa shape index (κ2) is 7.59. The molecule has 6 heteroatoms. The molecule has 0 fully saturated rings. The zero-order chi connectivity index (χ0) is 12.5. The molecule has 1 heterocycles. The van der Waals surface area contributed by atoms with Crippen LogP contribution in [0.1, 0.15) is 5.56 Å². The summed E-state index contributed by atoms with van der Waals surface area (Å²) in [5.41, 5.74) is 5.88. The van der Waals surface area contributed by atoms with Crippen LogP contribution in [0.4, 0.5) is 0 Å². The topological polar surface area (TPSA) is 90.5 Å². The Balaban J connectivity index is 2.21. The molecule has 0 aliphatic carbocycles. The summed E-state index contributed by atoms with van der Waals surface area (Å²) in [4.78, 5) is 4.01. The molecule has 1 aromatic heterocycles. The van der Waals surface area contributed by atoms with Crippen molar-refractivity contribution in [2.45, 2.75) is 0 Å². The number of rotatable bonds is 8. The molecule has 1 rings (SSSR count). The molecule has 0 aromatic carbocycles. The SMILES string of the molecule is COCCOCCOc1ccc(C(=N)N)cn1. The predicted octanol–water partition coefficient (Wildman–Crippen LogP) is 0.407. The van der Waals surface area contributed by atoms with Crippen LogP contribution in [-0.4, -0.2) is 44.4 Å². The van der Waals surface area contributed by atoms with Crippen LogP contribution in [-0.2, 0) is 9.47 Å². The van der Waals surface area contributed by atoms with Gasteiger partial charge < -0.3 is 19.9 Å². The van der Waals surface area contributed by atoms with E-state index in [0.717, 1.165) is 0 Å². The standard InChI is InChI=1S/C11H17N3O3/c1-15-4-5-16-6-7-17-10-3-2-9(8-14-10)11(12)13/h2-3,8H,4-7H2,1H3,(H3,12,13). The fourth-order valence-electron chi connectivity index (χ4n) is 1.07. The van der Waals surface area contributed by atoms with Gasteiger partial charge in [-0.25, -0.2) is 4.98 Å². The summed E-state index contributed by atoms with van der Waals surface area (Å²) >= 11 is 0. The van der Waals surface area contributed by atoms with Gasteiger partial charge in [-0.05, 0) is 6.07 Å². The van der Waals surface area contributed by atoms with Crippen LogP contribution in [0.5, 0.6) is 5.88 Å². The van der Waals surface area contributed by atoms with Crippen LogP contribution in [0.3, 0.4) is 0 Å². The average Bonchev–Trinajstić information content (AvgIpc) is 2.34. The van der Waals surface area contributed by atoms with Crippen molar-refractivity contribution in [1.82, 2.24) is 4.98 Å². The molecule has 17 heavy (non-hydrogen) atoms. The lowest BCUT2D eigenvalue weighted by Crippen LogP contribution is -2.12. The second-order valence-electron chi connectivity index (χ2n) is 3.25. The average molecular weight is 239 g/mol. The maximum Gasteiger partial charge on any atom is 0.213 e. The number of aromatic nitrogens is 1. The van der Waals surface area contributed by atoms with E-state index in [9.17, 15) is 0 Å². The molecule has 0 spiro atoms. The number of pyridine rings is 1. The lowest BCUT2D eigenvalue weighted by Gasteiger charge is -2.06. The van der Waals surface area contributed by atoms with Gasteiger partial charge in [-0.1, -0.05) is 0 Å². The summed E-state index contributed by atoms with van der Waals surface area (Å²) in [6.45, 7) is 2.04. The van der Waals surface area contributed by atoms with Gasteiger partial charge in [-0.15, -0.1) is 0 Å². The molecular weight excluding hydrogens is 222 g/mol. The molecule has 0 radical (unpaired) electrons. The maximum absolute atomic E-state index is 7.20. The van der Waals surface area contributed by atoms with Gasteiger partial charge in [-0.3, -0.25) is 5.41 Å². The van der Waals surface area contributed by atoms with Gasteiger partial charge in [0.2, 0.25) is 5.88 Å². The first kappa shape index (κ1) is 13.4. The summed E-state index contributed by atoms with van der Waals surface area (Å²) in [5.74, 6) is 0.484. The first-order valence-electron chi connectivity index (χ1n) is 5.24. The highest BCUT2D eigenvalue weighted by Crippen LogP contribution is 2.06. The highest BCUT2D eigenvalue weighted by Gasteiger charge is 1.99. The fraction of sp³-hybridized carbons (Fsp3) is 0.455. The highest BCUT2D eigenvalue weighted by atomic mass is 16.5. The van der Waals surface area contributed by atoms with E-state index in [4.69, 9.17) is 25.4 Å². The Morgan fingerprint density at radius 1 is 1.29 bits per heavy atom. The number of hydrogen-bond acceptors (Lipinski definition) is 5. The molecule has 3 N–H and O–H groups in total. The van der Waals surface area contributed by atoms with Gasteiger partial charge in [0.25, 0.3) is 0 Å². The monoisotopic (exact) mass is 239 g/mol. The normalized spacial score (nSPS) is 10.2. The number of ether oxygens (including phenoxy) is 3. The number of nitrogens with zero attached hydrogens (tertiary/aromatic N) is 1. The van der Waals surface area contributed by atoms with Gasteiger partial charge in [0.1, 0.15) is 12.4 Å². The zero-order valence-corrected chi connectivity index (χ0v) is 9.81. The van der Waals surface area contributed by atoms with Gasteiger partial charge >= 0.3 is 0 Å². The number of hydrogen-bond donors (Lipinski definition) is 2. The van der Waals surface area contributed by atoms with E-state index in [-0.39, 0.29) is 5.84 Å². The first-order chi connectivity index (χ1) is 8.24. The predicted molar refractivity (Wildman–Crippen MR) is 63.4 cm³/mol. The van der Waals surface area contributed by atoms with E-state index in [1.165, 1.54) is 6.20 Å². The number of nitrogen functional groups attached to an aromatic ring is 1. The van der Waals surface area contributed by atoms with Crippen LogP contribution in [0.15, 0.2) is 18.3 Å². The maximum atomic E-state index is 7.20. The van der Waals surface area contributed by atoms with Crippen molar-refractivity contribution in [1.29, 1.82) is 5.41 Å². The van der Waals surface area contributed by atoms with Gasteiger partial charge in [-0.2, -0.15) is 0 Å². The number of amidine groups is 1. The Morgan fingerprint density at radius 2 is 2.06 bits per heavy atom. The molecule has 94 valence electrons. The Bertz CT molecular complexity index is 340. The summed E-state index contributed by atoms with van der Waals surface area (Å²) in [7, 11) is 1.63. The second-order valence-corrected chi connectivity index (χ2v) is 3.25. The van der Waals surface area contributed by atoms with Crippen LogP contribution >= 0.6 is 0 Å². The molecule has 0 amide bonds. The zero-order valence-electron chi connectivity index (χ0n) is 9.81. The van der Waals surface area contributed by atoms with E-state index >= 15 is 0 Å². The molecule has 0 bridgehead atoms. The van der Waals surface area contributed by atoms with Crippen LogP contribution < -0.4 is 10.5 Å². The van der Waals surface area contributed by atoms with Crippen molar-refractivity contribution in [3.8, 4) is 5.88 Å². The molecule has 0 saturated carbocycles. The molecule has 1 aromatic rings. The summed E-state index contributed by atoms with van der Waals surface area (Å²) in [6.07, 6.45) is 1.50. The van der Waals surface area contributed by atoms with Crippen molar-refractivity contribution in [2.24, 2.45) is 5.73 Å². The van der Waals surface area contributed by atoms with Crippen molar-refractivity contribution >= 4 is 5.84 Å². The van der Waals surface area contributed by atoms with Crippen LogP contribution in [0.25, 0.3) is 0 Å². The van der Waals surface area contributed by atoms with Crippen LogP contribution in [0.2, 0.25) is 0 Å². The molecule has 6 nitrogen and oxygen atoms in total. The molecule has 0 atom stereocenters. The number of methoxy groups -OCH3 is 1. The third-order valence-corrected chi connectivity index (χ3v) is 1.96. The minimum Gasteiger partial charge on any atom is -0.475 e.